The molecule has 0 radical (unpaired) electrons. The molecule has 1 heterocycles. The Kier molecular flexibility index (Phi) is 5.32. The summed E-state index contributed by atoms with van der Waals surface area (Å²) >= 11 is 15.0. The summed E-state index contributed by atoms with van der Waals surface area (Å²) in [5.41, 5.74) is 7.15. The number of thioether (sulfide) groups is 1. The predicted molar refractivity (Wildman–Crippen MR) is 85.8 cm³/mol. The molecule has 3 nitrogen and oxygen atoms in total. The molecule has 106 valence electrons. The van der Waals surface area contributed by atoms with Gasteiger partial charge in [-0.1, -0.05) is 41.0 Å². The van der Waals surface area contributed by atoms with Crippen molar-refractivity contribution in [2.24, 2.45) is 5.73 Å². The van der Waals surface area contributed by atoms with E-state index in [4.69, 9.17) is 28.9 Å². The highest BCUT2D eigenvalue weighted by atomic mass is 35.5. The van der Waals surface area contributed by atoms with Crippen LogP contribution in [0, 0.1) is 6.92 Å². The summed E-state index contributed by atoms with van der Waals surface area (Å²) in [5, 5.41) is 1.10. The fourth-order valence-electron chi connectivity index (χ4n) is 1.56. The van der Waals surface area contributed by atoms with Crippen molar-refractivity contribution in [3.05, 3.63) is 44.4 Å². The molecule has 0 fully saturated rings. The van der Waals surface area contributed by atoms with Crippen LogP contribution in [0.2, 0.25) is 10.0 Å². The summed E-state index contributed by atoms with van der Waals surface area (Å²) in [6, 6.07) is 5.57. The Morgan fingerprint density at radius 1 is 1.40 bits per heavy atom. The predicted octanol–water partition coefficient (Wildman–Crippen LogP) is 4.08. The van der Waals surface area contributed by atoms with Gasteiger partial charge < -0.3 is 5.73 Å². The zero-order chi connectivity index (χ0) is 14.7. The van der Waals surface area contributed by atoms with Crippen LogP contribution in [-0.2, 0) is 17.0 Å². The summed E-state index contributed by atoms with van der Waals surface area (Å²) in [5.74, 6) is 0.414. The smallest absolute Gasteiger partial charge is 0.222 e. The van der Waals surface area contributed by atoms with Crippen LogP contribution in [0.15, 0.2) is 22.5 Å². The van der Waals surface area contributed by atoms with E-state index in [1.807, 2.05) is 19.1 Å². The molecule has 0 saturated heterocycles. The Morgan fingerprint density at radius 3 is 2.80 bits per heavy atom. The Hall–Kier alpha value is -0.750. The second-order valence-electron chi connectivity index (χ2n) is 4.17. The van der Waals surface area contributed by atoms with Gasteiger partial charge in [-0.2, -0.15) is 0 Å². The van der Waals surface area contributed by atoms with Gasteiger partial charge >= 0.3 is 0 Å². The van der Waals surface area contributed by atoms with E-state index in [1.165, 1.54) is 11.3 Å². The number of hydrogen-bond acceptors (Lipinski definition) is 4. The molecule has 0 saturated carbocycles. The lowest BCUT2D eigenvalue weighted by atomic mass is 10.2. The minimum absolute atomic E-state index is 0.247. The van der Waals surface area contributed by atoms with Crippen molar-refractivity contribution in [2.75, 3.05) is 0 Å². The summed E-state index contributed by atoms with van der Waals surface area (Å²) in [4.78, 5) is 16.3. The molecular formula is C13H12Cl2N2OS2. The summed E-state index contributed by atoms with van der Waals surface area (Å²) in [7, 11) is 0. The van der Waals surface area contributed by atoms with E-state index >= 15 is 0 Å². The number of carbonyl (C=O) groups is 1. The Bertz CT molecular complexity index is 643. The SMILES string of the molecule is Cc1nc(SCc2ccc(Cl)c(Cl)c2)sc1CC(N)=O. The first-order chi connectivity index (χ1) is 9.45. The summed E-state index contributed by atoms with van der Waals surface area (Å²) in [6.07, 6.45) is 0.247. The normalized spacial score (nSPS) is 10.8. The molecule has 0 bridgehead atoms. The van der Waals surface area contributed by atoms with Crippen LogP contribution in [0.3, 0.4) is 0 Å². The highest BCUT2D eigenvalue weighted by Crippen LogP contribution is 2.31. The van der Waals surface area contributed by atoms with E-state index < -0.39 is 0 Å². The first-order valence-corrected chi connectivity index (χ1v) is 8.33. The van der Waals surface area contributed by atoms with Crippen LogP contribution in [0.4, 0.5) is 0 Å². The van der Waals surface area contributed by atoms with E-state index in [2.05, 4.69) is 4.98 Å². The second kappa shape index (κ2) is 6.80. The van der Waals surface area contributed by atoms with Crippen molar-refractivity contribution in [2.45, 2.75) is 23.4 Å². The number of carbonyl (C=O) groups excluding carboxylic acids is 1. The maximum Gasteiger partial charge on any atom is 0.222 e. The number of rotatable bonds is 5. The Labute approximate surface area is 135 Å². The van der Waals surface area contributed by atoms with Crippen LogP contribution in [0.25, 0.3) is 0 Å². The quantitative estimate of drug-likeness (QED) is 0.829. The minimum atomic E-state index is -0.335. The van der Waals surface area contributed by atoms with Crippen LogP contribution in [0.5, 0.6) is 0 Å². The third-order valence-electron chi connectivity index (χ3n) is 2.55. The van der Waals surface area contributed by atoms with Gasteiger partial charge in [-0.15, -0.1) is 11.3 Å². The number of benzene rings is 1. The monoisotopic (exact) mass is 346 g/mol. The van der Waals surface area contributed by atoms with Crippen molar-refractivity contribution < 1.29 is 4.79 Å². The minimum Gasteiger partial charge on any atom is -0.369 e. The lowest BCUT2D eigenvalue weighted by molar-refractivity contribution is -0.117. The largest absolute Gasteiger partial charge is 0.369 e. The van der Waals surface area contributed by atoms with Gasteiger partial charge in [-0.3, -0.25) is 4.79 Å². The van der Waals surface area contributed by atoms with E-state index in [-0.39, 0.29) is 12.3 Å². The number of primary amides is 1. The van der Waals surface area contributed by atoms with Gasteiger partial charge in [0.2, 0.25) is 5.91 Å². The van der Waals surface area contributed by atoms with E-state index in [0.717, 1.165) is 26.2 Å². The average molecular weight is 347 g/mol. The molecule has 7 heteroatoms. The van der Waals surface area contributed by atoms with Gasteiger partial charge in [-0.25, -0.2) is 4.98 Å². The number of hydrogen-bond donors (Lipinski definition) is 1. The summed E-state index contributed by atoms with van der Waals surface area (Å²) in [6.45, 7) is 1.89. The zero-order valence-corrected chi connectivity index (χ0v) is 13.8. The van der Waals surface area contributed by atoms with Gasteiger partial charge in [0.1, 0.15) is 0 Å². The number of nitrogens with zero attached hydrogens (tertiary/aromatic N) is 1. The maximum atomic E-state index is 10.9. The molecule has 20 heavy (non-hydrogen) atoms. The first-order valence-electron chi connectivity index (χ1n) is 5.77. The molecule has 1 aromatic carbocycles. The molecule has 2 aromatic rings. The van der Waals surface area contributed by atoms with E-state index in [9.17, 15) is 4.79 Å². The van der Waals surface area contributed by atoms with Crippen LogP contribution in [-0.4, -0.2) is 10.9 Å². The summed E-state index contributed by atoms with van der Waals surface area (Å²) < 4.78 is 0.921. The number of aryl methyl sites for hydroxylation is 1. The van der Waals surface area contributed by atoms with Crippen LogP contribution >= 0.6 is 46.3 Å². The van der Waals surface area contributed by atoms with Crippen LogP contribution < -0.4 is 5.73 Å². The van der Waals surface area contributed by atoms with E-state index in [0.29, 0.717) is 10.0 Å². The fraction of sp³-hybridized carbons (Fsp3) is 0.231. The van der Waals surface area contributed by atoms with Crippen molar-refractivity contribution in [1.29, 1.82) is 0 Å². The third-order valence-corrected chi connectivity index (χ3v) is 5.66. The molecule has 0 atom stereocenters. The fourth-order valence-corrected chi connectivity index (χ4v) is 4.07. The van der Waals surface area contributed by atoms with Gasteiger partial charge in [0.25, 0.3) is 0 Å². The molecule has 0 unspecified atom stereocenters. The highest BCUT2D eigenvalue weighted by molar-refractivity contribution is 8.00. The molecule has 0 aliphatic rings. The average Bonchev–Trinajstić information content (AvgIpc) is 2.71. The molecule has 1 amide bonds. The number of aromatic nitrogens is 1. The standard InChI is InChI=1S/C13H12Cl2N2OS2/c1-7-11(5-12(16)18)20-13(17-7)19-6-8-2-3-9(14)10(15)4-8/h2-4H,5-6H2,1H3,(H2,16,18). The molecule has 0 spiro atoms. The second-order valence-corrected chi connectivity index (χ2v) is 7.29. The van der Waals surface area contributed by atoms with Crippen molar-refractivity contribution in [3.8, 4) is 0 Å². The zero-order valence-electron chi connectivity index (χ0n) is 10.7. The Morgan fingerprint density at radius 2 is 2.15 bits per heavy atom. The molecular weight excluding hydrogens is 335 g/mol. The van der Waals surface area contributed by atoms with Crippen molar-refractivity contribution >= 4 is 52.2 Å². The van der Waals surface area contributed by atoms with Crippen molar-refractivity contribution in [3.63, 3.8) is 0 Å². The lowest BCUT2D eigenvalue weighted by Crippen LogP contribution is -2.13. The molecule has 2 rings (SSSR count). The highest BCUT2D eigenvalue weighted by Gasteiger charge is 2.10. The Balaban J connectivity index is 2.03. The van der Waals surface area contributed by atoms with Gasteiger partial charge in [0.05, 0.1) is 22.2 Å². The maximum absolute atomic E-state index is 10.9. The number of nitrogens with two attached hydrogens (primary N) is 1. The van der Waals surface area contributed by atoms with Crippen molar-refractivity contribution in [1.82, 2.24) is 4.98 Å². The number of halogens is 2. The number of thiazole rings is 1. The van der Waals surface area contributed by atoms with Gasteiger partial charge in [0.15, 0.2) is 4.34 Å². The van der Waals surface area contributed by atoms with Gasteiger partial charge in [-0.05, 0) is 24.6 Å². The van der Waals surface area contributed by atoms with Gasteiger partial charge in [0, 0.05) is 10.6 Å². The molecule has 2 N–H and O–H groups in total. The van der Waals surface area contributed by atoms with Crippen LogP contribution in [0.1, 0.15) is 16.1 Å². The topological polar surface area (TPSA) is 56.0 Å². The number of amides is 1. The molecule has 0 aliphatic heterocycles. The third kappa shape index (κ3) is 4.12. The first kappa shape index (κ1) is 15.6. The molecule has 1 aromatic heterocycles. The van der Waals surface area contributed by atoms with E-state index in [1.54, 1.807) is 17.8 Å². The lowest BCUT2D eigenvalue weighted by Gasteiger charge is -2.01. The molecule has 0 aliphatic carbocycles.